The monoisotopic (exact) mass is 231 g/mol. The van der Waals surface area contributed by atoms with Crippen LogP contribution in [0.15, 0.2) is 0 Å². The molecule has 0 amide bonds. The maximum absolute atomic E-state index is 6.20. The highest BCUT2D eigenvalue weighted by molar-refractivity contribution is 8.00. The van der Waals surface area contributed by atoms with E-state index in [0.717, 1.165) is 6.42 Å². The van der Waals surface area contributed by atoms with Crippen LogP contribution in [-0.2, 0) is 0 Å². The lowest BCUT2D eigenvalue weighted by Crippen LogP contribution is -2.40. The van der Waals surface area contributed by atoms with Crippen molar-refractivity contribution < 1.29 is 0 Å². The summed E-state index contributed by atoms with van der Waals surface area (Å²) in [7, 11) is 0. The molecule has 2 atom stereocenters. The van der Waals surface area contributed by atoms with E-state index in [9.17, 15) is 0 Å². The second-order valence-corrected chi connectivity index (χ2v) is 6.69. The molecule has 92 valence electrons. The summed E-state index contributed by atoms with van der Waals surface area (Å²) >= 11 is 2.08. The van der Waals surface area contributed by atoms with Crippen molar-refractivity contribution in [2.24, 2.45) is 11.1 Å². The molecule has 15 heavy (non-hydrogen) atoms. The summed E-state index contributed by atoms with van der Waals surface area (Å²) < 4.78 is 0. The third kappa shape index (κ3) is 6.47. The third-order valence-electron chi connectivity index (χ3n) is 2.76. The van der Waals surface area contributed by atoms with Crippen LogP contribution < -0.4 is 5.73 Å². The van der Waals surface area contributed by atoms with E-state index in [-0.39, 0.29) is 0 Å². The van der Waals surface area contributed by atoms with E-state index in [1.807, 2.05) is 0 Å². The van der Waals surface area contributed by atoms with Gasteiger partial charge in [-0.05, 0) is 24.0 Å². The van der Waals surface area contributed by atoms with E-state index < -0.39 is 0 Å². The van der Waals surface area contributed by atoms with Gasteiger partial charge in [-0.25, -0.2) is 0 Å². The van der Waals surface area contributed by atoms with Crippen molar-refractivity contribution in [3.05, 3.63) is 0 Å². The van der Waals surface area contributed by atoms with Gasteiger partial charge in [-0.1, -0.05) is 47.5 Å². The third-order valence-corrected chi connectivity index (χ3v) is 4.70. The second-order valence-electron chi connectivity index (χ2n) is 5.44. The van der Waals surface area contributed by atoms with Crippen LogP contribution in [0.1, 0.15) is 60.3 Å². The molecule has 0 aliphatic carbocycles. The van der Waals surface area contributed by atoms with Crippen LogP contribution in [0.4, 0.5) is 0 Å². The van der Waals surface area contributed by atoms with Crippen LogP contribution in [0, 0.1) is 5.41 Å². The zero-order valence-electron chi connectivity index (χ0n) is 11.2. The first-order valence-corrected chi connectivity index (χ1v) is 7.35. The largest absolute Gasteiger partial charge is 0.327 e. The van der Waals surface area contributed by atoms with E-state index >= 15 is 0 Å². The molecular formula is C13H29NS. The van der Waals surface area contributed by atoms with Gasteiger partial charge < -0.3 is 5.73 Å². The molecule has 0 fully saturated rings. The zero-order chi connectivity index (χ0) is 11.9. The highest BCUT2D eigenvalue weighted by atomic mass is 32.2. The molecule has 0 aliphatic rings. The first kappa shape index (κ1) is 15.3. The van der Waals surface area contributed by atoms with Crippen LogP contribution >= 0.6 is 11.8 Å². The molecule has 0 aromatic heterocycles. The highest BCUT2D eigenvalue weighted by Gasteiger charge is 2.29. The molecule has 2 unspecified atom stereocenters. The fourth-order valence-electron chi connectivity index (χ4n) is 1.79. The minimum Gasteiger partial charge on any atom is -0.327 e. The quantitative estimate of drug-likeness (QED) is 0.669. The van der Waals surface area contributed by atoms with Gasteiger partial charge in [0.05, 0.1) is 0 Å². The molecule has 0 aromatic carbocycles. The van der Waals surface area contributed by atoms with Gasteiger partial charge in [-0.2, -0.15) is 11.8 Å². The predicted octanol–water partition coefficient (Wildman–Crippen LogP) is 4.06. The topological polar surface area (TPSA) is 26.0 Å². The van der Waals surface area contributed by atoms with Gasteiger partial charge in [0, 0.05) is 11.3 Å². The summed E-state index contributed by atoms with van der Waals surface area (Å²) in [4.78, 5) is 0. The van der Waals surface area contributed by atoms with Crippen LogP contribution in [0.5, 0.6) is 0 Å². The summed E-state index contributed by atoms with van der Waals surface area (Å²) in [5.74, 6) is 1.27. The van der Waals surface area contributed by atoms with Gasteiger partial charge in [-0.3, -0.25) is 0 Å². The Bertz CT molecular complexity index is 151. The molecule has 0 saturated carbocycles. The van der Waals surface area contributed by atoms with Crippen molar-refractivity contribution in [3.8, 4) is 0 Å². The fraction of sp³-hybridized carbons (Fsp3) is 1.00. The lowest BCUT2D eigenvalue weighted by atomic mass is 9.87. The van der Waals surface area contributed by atoms with Crippen molar-refractivity contribution in [1.29, 1.82) is 0 Å². The lowest BCUT2D eigenvalue weighted by molar-refractivity contribution is 0.350. The number of thioether (sulfide) groups is 1. The molecule has 2 heteroatoms. The Kier molecular flexibility index (Phi) is 7.72. The maximum atomic E-state index is 6.20. The number of hydrogen-bond acceptors (Lipinski definition) is 2. The average Bonchev–Trinajstić information content (AvgIpc) is 2.15. The molecule has 0 saturated heterocycles. The Morgan fingerprint density at radius 2 is 1.73 bits per heavy atom. The van der Waals surface area contributed by atoms with Gasteiger partial charge in [0.15, 0.2) is 0 Å². The van der Waals surface area contributed by atoms with Crippen molar-refractivity contribution in [2.45, 2.75) is 71.6 Å². The Hall–Kier alpha value is 0.310. The normalized spacial score (nSPS) is 16.4. The minimum absolute atomic E-state index is 0.326. The number of rotatable bonds is 7. The highest BCUT2D eigenvalue weighted by Crippen LogP contribution is 2.33. The van der Waals surface area contributed by atoms with Gasteiger partial charge in [0.1, 0.15) is 0 Å². The van der Waals surface area contributed by atoms with E-state index in [1.165, 1.54) is 25.0 Å². The number of unbranched alkanes of at least 4 members (excludes halogenated alkanes) is 2. The molecule has 0 heterocycles. The molecule has 0 spiro atoms. The van der Waals surface area contributed by atoms with Crippen molar-refractivity contribution in [3.63, 3.8) is 0 Å². The standard InChI is InChI=1S/C13H29NS/c1-6-8-9-10-15-12(11(14)7-2)13(3,4)5/h11-12H,6-10,14H2,1-5H3. The Balaban J connectivity index is 4.03. The van der Waals surface area contributed by atoms with Crippen LogP contribution in [0.2, 0.25) is 0 Å². The van der Waals surface area contributed by atoms with Crippen LogP contribution in [0.3, 0.4) is 0 Å². The van der Waals surface area contributed by atoms with E-state index in [1.54, 1.807) is 0 Å². The predicted molar refractivity (Wildman–Crippen MR) is 73.5 cm³/mol. The van der Waals surface area contributed by atoms with Gasteiger partial charge in [0.25, 0.3) is 0 Å². The Morgan fingerprint density at radius 1 is 1.13 bits per heavy atom. The summed E-state index contributed by atoms with van der Waals surface area (Å²) in [6.07, 6.45) is 5.08. The first-order valence-electron chi connectivity index (χ1n) is 6.30. The summed E-state index contributed by atoms with van der Waals surface area (Å²) in [5.41, 5.74) is 6.52. The van der Waals surface area contributed by atoms with Crippen molar-refractivity contribution >= 4 is 11.8 Å². The molecule has 0 aliphatic heterocycles. The van der Waals surface area contributed by atoms with Crippen molar-refractivity contribution in [2.75, 3.05) is 5.75 Å². The van der Waals surface area contributed by atoms with E-state index in [2.05, 4.69) is 46.4 Å². The second kappa shape index (κ2) is 7.56. The zero-order valence-corrected chi connectivity index (χ0v) is 12.0. The van der Waals surface area contributed by atoms with Crippen LogP contribution in [0.25, 0.3) is 0 Å². The SMILES string of the molecule is CCCCCSC(C(N)CC)C(C)(C)C. The van der Waals surface area contributed by atoms with Gasteiger partial charge in [0.2, 0.25) is 0 Å². The molecule has 2 N–H and O–H groups in total. The molecule has 0 aromatic rings. The van der Waals surface area contributed by atoms with E-state index in [0.29, 0.717) is 16.7 Å². The molecule has 0 bridgehead atoms. The lowest BCUT2D eigenvalue weighted by Gasteiger charge is -2.34. The van der Waals surface area contributed by atoms with Crippen molar-refractivity contribution in [1.82, 2.24) is 0 Å². The Morgan fingerprint density at radius 3 is 2.13 bits per heavy atom. The first-order chi connectivity index (χ1) is 6.93. The van der Waals surface area contributed by atoms with Crippen LogP contribution in [-0.4, -0.2) is 17.0 Å². The number of nitrogens with two attached hydrogens (primary N) is 1. The van der Waals surface area contributed by atoms with Gasteiger partial charge in [-0.15, -0.1) is 0 Å². The maximum Gasteiger partial charge on any atom is 0.0247 e. The fourth-order valence-corrected chi connectivity index (χ4v) is 3.36. The summed E-state index contributed by atoms with van der Waals surface area (Å²) in [6, 6.07) is 0.344. The van der Waals surface area contributed by atoms with E-state index in [4.69, 9.17) is 5.73 Å². The average molecular weight is 231 g/mol. The smallest absolute Gasteiger partial charge is 0.0247 e. The molecular weight excluding hydrogens is 202 g/mol. The molecule has 1 nitrogen and oxygen atoms in total. The number of hydrogen-bond donors (Lipinski definition) is 1. The Labute approximate surface area is 101 Å². The molecule has 0 radical (unpaired) electrons. The summed E-state index contributed by atoms with van der Waals surface area (Å²) in [5, 5.41) is 0.597. The van der Waals surface area contributed by atoms with Gasteiger partial charge >= 0.3 is 0 Å². The molecule has 0 rings (SSSR count). The minimum atomic E-state index is 0.326. The summed E-state index contributed by atoms with van der Waals surface area (Å²) in [6.45, 7) is 11.4.